The molecule has 0 saturated carbocycles. The summed E-state index contributed by atoms with van der Waals surface area (Å²) < 4.78 is 33.2. The van der Waals surface area contributed by atoms with Crippen LogP contribution in [0, 0.1) is 11.3 Å². The van der Waals surface area contributed by atoms with Gasteiger partial charge in [0.1, 0.15) is 24.1 Å². The maximum absolute atomic E-state index is 12.0. The number of fused-ring (bicyclic) bond motifs is 1. The first-order chi connectivity index (χ1) is 17.0. The molecule has 1 aliphatic rings. The fraction of sp³-hybridized carbons (Fsp3) is 0.500. The van der Waals surface area contributed by atoms with Gasteiger partial charge >= 0.3 is 0 Å². The lowest BCUT2D eigenvalue weighted by Gasteiger charge is -2.32. The monoisotopic (exact) mass is 527 g/mol. The van der Waals surface area contributed by atoms with E-state index in [2.05, 4.69) is 41.0 Å². The topological polar surface area (TPSA) is 126 Å². The molecule has 0 radical (unpaired) electrons. The highest BCUT2D eigenvalue weighted by Gasteiger charge is 2.27. The van der Waals surface area contributed by atoms with Gasteiger partial charge in [-0.15, -0.1) is 0 Å². The lowest BCUT2D eigenvalue weighted by atomic mass is 10.1. The average molecular weight is 528 g/mol. The fourth-order valence-corrected chi connectivity index (χ4v) is 5.85. The van der Waals surface area contributed by atoms with E-state index in [1.807, 2.05) is 16.7 Å². The van der Waals surface area contributed by atoms with Crippen LogP contribution in [0.15, 0.2) is 30.7 Å². The third-order valence-electron chi connectivity index (χ3n) is 6.19. The second-order valence-corrected chi connectivity index (χ2v) is 18.0. The van der Waals surface area contributed by atoms with E-state index in [-0.39, 0.29) is 6.04 Å². The molecular formula is C24H33N7O3SSi. The molecule has 1 unspecified atom stereocenters. The van der Waals surface area contributed by atoms with Crippen molar-refractivity contribution in [2.24, 2.45) is 0 Å². The number of anilines is 1. The van der Waals surface area contributed by atoms with Crippen LogP contribution < -0.4 is 5.32 Å². The Bertz CT molecular complexity index is 1380. The van der Waals surface area contributed by atoms with Crippen molar-refractivity contribution in [1.82, 2.24) is 23.8 Å². The van der Waals surface area contributed by atoms with Crippen LogP contribution in [0.1, 0.15) is 18.4 Å². The Morgan fingerprint density at radius 2 is 2.11 bits per heavy atom. The minimum absolute atomic E-state index is 0.0668. The van der Waals surface area contributed by atoms with Gasteiger partial charge in [-0.3, -0.25) is 0 Å². The van der Waals surface area contributed by atoms with E-state index in [4.69, 9.17) is 9.72 Å². The summed E-state index contributed by atoms with van der Waals surface area (Å²) in [7, 11) is -4.44. The molecule has 1 atom stereocenters. The number of aromatic nitrogens is 4. The maximum Gasteiger partial charge on any atom is 0.211 e. The normalized spacial score (nSPS) is 17.2. The minimum atomic E-state index is -3.25. The third-order valence-corrected chi connectivity index (χ3v) is 9.16. The van der Waals surface area contributed by atoms with Gasteiger partial charge in [0, 0.05) is 51.8 Å². The number of hydrogen-bond donors (Lipinski definition) is 1. The molecule has 192 valence electrons. The van der Waals surface area contributed by atoms with Gasteiger partial charge in [-0.25, -0.2) is 27.7 Å². The van der Waals surface area contributed by atoms with Crippen LogP contribution in [-0.4, -0.2) is 72.3 Å². The lowest BCUT2D eigenvalue weighted by molar-refractivity contribution is 0.0898. The molecule has 0 aliphatic carbocycles. The second-order valence-electron chi connectivity index (χ2n) is 10.4. The van der Waals surface area contributed by atoms with Crippen molar-refractivity contribution in [3.63, 3.8) is 0 Å². The first-order valence-electron chi connectivity index (χ1n) is 12.1. The average Bonchev–Trinajstić information content (AvgIpc) is 3.18. The molecule has 4 heterocycles. The second kappa shape index (κ2) is 10.6. The third kappa shape index (κ3) is 6.28. The number of nitrogens with one attached hydrogen (secondary N) is 1. The number of nitrogens with zero attached hydrogens (tertiary/aromatic N) is 6. The predicted molar refractivity (Wildman–Crippen MR) is 143 cm³/mol. The van der Waals surface area contributed by atoms with Crippen LogP contribution in [0.2, 0.25) is 25.7 Å². The van der Waals surface area contributed by atoms with Crippen molar-refractivity contribution in [2.45, 2.75) is 51.3 Å². The highest BCUT2D eigenvalue weighted by atomic mass is 32.2. The van der Waals surface area contributed by atoms with Gasteiger partial charge in [-0.05, 0) is 31.0 Å². The molecular weight excluding hydrogens is 494 g/mol. The van der Waals surface area contributed by atoms with Crippen LogP contribution in [0.5, 0.6) is 0 Å². The van der Waals surface area contributed by atoms with E-state index >= 15 is 0 Å². The SMILES string of the molecule is C[Si](C)(C)CCOCn1cc(C#N)c2nc(-c3cccnc3NC3CCCN(S(C)(=O)=O)C3)cnc21. The summed E-state index contributed by atoms with van der Waals surface area (Å²) >= 11 is 0. The summed E-state index contributed by atoms with van der Waals surface area (Å²) in [6, 6.07) is 6.92. The van der Waals surface area contributed by atoms with Gasteiger partial charge in [0.2, 0.25) is 10.0 Å². The zero-order chi connectivity index (χ0) is 25.9. The number of nitriles is 1. The van der Waals surface area contributed by atoms with E-state index in [0.717, 1.165) is 24.4 Å². The molecule has 1 fully saturated rings. The van der Waals surface area contributed by atoms with Crippen molar-refractivity contribution >= 4 is 35.1 Å². The number of sulfonamides is 1. The van der Waals surface area contributed by atoms with Crippen LogP contribution in [0.4, 0.5) is 5.82 Å². The van der Waals surface area contributed by atoms with Crippen LogP contribution >= 0.6 is 0 Å². The minimum Gasteiger partial charge on any atom is -0.365 e. The zero-order valence-corrected chi connectivity index (χ0v) is 23.0. The lowest BCUT2D eigenvalue weighted by Crippen LogP contribution is -2.44. The number of pyridine rings is 1. The molecule has 0 aromatic carbocycles. The molecule has 12 heteroatoms. The van der Waals surface area contributed by atoms with Crippen molar-refractivity contribution in [3.8, 4) is 17.3 Å². The molecule has 0 spiro atoms. The van der Waals surface area contributed by atoms with E-state index in [1.54, 1.807) is 18.6 Å². The van der Waals surface area contributed by atoms with Gasteiger partial charge in [-0.1, -0.05) is 19.6 Å². The summed E-state index contributed by atoms with van der Waals surface area (Å²) in [5, 5.41) is 13.1. The Balaban J connectivity index is 1.57. The van der Waals surface area contributed by atoms with Gasteiger partial charge < -0.3 is 14.6 Å². The van der Waals surface area contributed by atoms with Crippen molar-refractivity contribution in [1.29, 1.82) is 5.26 Å². The Labute approximate surface area is 213 Å². The van der Waals surface area contributed by atoms with Gasteiger partial charge in [-0.2, -0.15) is 5.26 Å². The van der Waals surface area contributed by atoms with E-state index in [0.29, 0.717) is 54.7 Å². The molecule has 10 nitrogen and oxygen atoms in total. The maximum atomic E-state index is 12.0. The quantitative estimate of drug-likeness (QED) is 0.331. The van der Waals surface area contributed by atoms with Crippen molar-refractivity contribution in [2.75, 3.05) is 31.3 Å². The molecule has 3 aromatic heterocycles. The first-order valence-corrected chi connectivity index (χ1v) is 17.6. The molecule has 36 heavy (non-hydrogen) atoms. The molecule has 0 amide bonds. The molecule has 4 rings (SSSR count). The fourth-order valence-electron chi connectivity index (χ4n) is 4.18. The van der Waals surface area contributed by atoms with Gasteiger partial charge in [0.25, 0.3) is 0 Å². The number of ether oxygens (including phenoxy) is 1. The molecule has 1 N–H and O–H groups in total. The largest absolute Gasteiger partial charge is 0.365 e. The summed E-state index contributed by atoms with van der Waals surface area (Å²) in [5.41, 5.74) is 2.87. The molecule has 1 saturated heterocycles. The van der Waals surface area contributed by atoms with E-state index in [9.17, 15) is 13.7 Å². The smallest absolute Gasteiger partial charge is 0.211 e. The number of hydrogen-bond acceptors (Lipinski definition) is 8. The van der Waals surface area contributed by atoms with Crippen LogP contribution in [0.3, 0.4) is 0 Å². The van der Waals surface area contributed by atoms with Gasteiger partial charge in [0.15, 0.2) is 5.65 Å². The number of rotatable bonds is 9. The highest BCUT2D eigenvalue weighted by Crippen LogP contribution is 2.28. The summed E-state index contributed by atoms with van der Waals surface area (Å²) in [6.07, 6.45) is 7.94. The van der Waals surface area contributed by atoms with Crippen molar-refractivity contribution < 1.29 is 13.2 Å². The number of piperidine rings is 1. The van der Waals surface area contributed by atoms with E-state index in [1.165, 1.54) is 10.6 Å². The Morgan fingerprint density at radius 3 is 2.83 bits per heavy atom. The Morgan fingerprint density at radius 1 is 1.31 bits per heavy atom. The molecule has 0 bridgehead atoms. The Hall–Kier alpha value is -2.85. The Kier molecular flexibility index (Phi) is 7.75. The summed E-state index contributed by atoms with van der Waals surface area (Å²) in [5.74, 6) is 0.610. The van der Waals surface area contributed by atoms with Crippen LogP contribution in [0.25, 0.3) is 22.4 Å². The van der Waals surface area contributed by atoms with Crippen molar-refractivity contribution in [3.05, 3.63) is 36.3 Å². The predicted octanol–water partition coefficient (Wildman–Crippen LogP) is 3.51. The first kappa shape index (κ1) is 26.2. The summed E-state index contributed by atoms with van der Waals surface area (Å²) in [4.78, 5) is 13.9. The van der Waals surface area contributed by atoms with E-state index < -0.39 is 18.1 Å². The van der Waals surface area contributed by atoms with Crippen LogP contribution in [-0.2, 0) is 21.5 Å². The molecule has 3 aromatic rings. The molecule has 1 aliphatic heterocycles. The zero-order valence-electron chi connectivity index (χ0n) is 21.2. The standard InChI is InChI=1S/C24H33N7O3SSi/c1-35(32,33)31-10-6-7-19(16-31)28-23-20(8-5-9-26-23)21-14-27-24-22(29-21)18(13-25)15-30(24)17-34-11-12-36(2,3)4/h5,8-9,14-15,19H,6-7,10-12,16-17H2,1-4H3,(H,26,28). The highest BCUT2D eigenvalue weighted by molar-refractivity contribution is 7.88. The summed E-state index contributed by atoms with van der Waals surface area (Å²) in [6.45, 7) is 8.82. The van der Waals surface area contributed by atoms with Gasteiger partial charge in [0.05, 0.1) is 23.7 Å².